The molecule has 17 heteroatoms. The fourth-order valence-corrected chi connectivity index (χ4v) is 10.9. The number of allylic oxidation sites excluding steroid dienone is 6. The summed E-state index contributed by atoms with van der Waals surface area (Å²) in [5.41, 5.74) is 6.56. The van der Waals surface area contributed by atoms with Crippen LogP contribution in [0.15, 0.2) is 47.6 Å². The predicted molar refractivity (Wildman–Crippen MR) is 273 cm³/mol. The number of fused-ring (bicyclic) bond motifs is 3. The second-order valence-electron chi connectivity index (χ2n) is 21.4. The van der Waals surface area contributed by atoms with E-state index in [1.54, 1.807) is 40.9 Å². The Balaban J connectivity index is 1.72. The minimum Gasteiger partial charge on any atom is -0.460 e. The van der Waals surface area contributed by atoms with Crippen molar-refractivity contribution in [1.82, 2.24) is 4.90 Å². The lowest BCUT2D eigenvalue weighted by Crippen LogP contribution is -2.61. The fraction of sp³-hybridized carbons (Fsp3) is 0.750. The highest BCUT2D eigenvalue weighted by molar-refractivity contribution is 6.39. The van der Waals surface area contributed by atoms with Gasteiger partial charge in [0.15, 0.2) is 5.78 Å². The van der Waals surface area contributed by atoms with Gasteiger partial charge in [0.1, 0.15) is 30.1 Å². The number of primary amides is 1. The first kappa shape index (κ1) is 61.6. The minimum atomic E-state index is -2.50. The van der Waals surface area contributed by atoms with Gasteiger partial charge >= 0.3 is 5.97 Å². The molecule has 3 fully saturated rings. The highest BCUT2D eigenvalue weighted by Crippen LogP contribution is 2.38. The Morgan fingerprint density at radius 1 is 0.890 bits per heavy atom. The number of aliphatic hydroxyl groups is 3. The van der Waals surface area contributed by atoms with Gasteiger partial charge in [-0.15, -0.1) is 0 Å². The molecular weight excluding hydrogens is 941 g/mol. The van der Waals surface area contributed by atoms with E-state index in [1.807, 2.05) is 51.2 Å². The molecular formula is C56H88N2O15. The first-order valence-corrected chi connectivity index (χ1v) is 26.7. The summed E-state index contributed by atoms with van der Waals surface area (Å²) < 4.78 is 36.1. The number of cyclic esters (lactones) is 1. The molecule has 0 aromatic heterocycles. The molecule has 73 heavy (non-hydrogen) atoms. The fourth-order valence-electron chi connectivity index (χ4n) is 10.9. The van der Waals surface area contributed by atoms with Crippen LogP contribution in [-0.2, 0) is 57.2 Å². The lowest BCUT2D eigenvalue weighted by Gasteiger charge is -2.43. The van der Waals surface area contributed by atoms with Gasteiger partial charge in [0.05, 0.1) is 37.6 Å². The lowest BCUT2D eigenvalue weighted by molar-refractivity contribution is -0.266. The average Bonchev–Trinajstić information content (AvgIpc) is 3.36. The Bertz CT molecular complexity index is 1970. The van der Waals surface area contributed by atoms with Gasteiger partial charge in [-0.05, 0) is 113 Å². The van der Waals surface area contributed by atoms with Gasteiger partial charge in [0.25, 0.3) is 11.7 Å². The molecule has 2 saturated heterocycles. The smallest absolute Gasteiger partial charge is 0.329 e. The summed E-state index contributed by atoms with van der Waals surface area (Å²) in [6, 6.07) is -1.18. The van der Waals surface area contributed by atoms with Crippen molar-refractivity contribution in [1.29, 1.82) is 0 Å². The average molecular weight is 1030 g/mol. The van der Waals surface area contributed by atoms with Crippen LogP contribution in [0.2, 0.25) is 0 Å². The summed E-state index contributed by atoms with van der Waals surface area (Å²) in [5.74, 6) is -8.82. The SMILES string of the molecule is CO[C@@H]1C[C@H](C[C@@H](C)[C@@H]2CC(=O)[C@H](C)/C=C(\C)[C@@H](O)[C@@H](OC)C(=O)[C@H](C)C[C@H](C)/C=C/C=C/C=C(\C)[C@H](OCCCC(N)=O)C[C@@H]3CC[C@@H](C)[C@@](O)(O3)C(=O)C(=O)N3CCCC[C@H]3C(=O)O2)CC[C@H]1OCCO. The number of hydrogen-bond donors (Lipinski definition) is 4. The van der Waals surface area contributed by atoms with Gasteiger partial charge in [0, 0.05) is 64.4 Å². The third kappa shape index (κ3) is 17.8. The molecule has 4 aliphatic rings. The first-order valence-electron chi connectivity index (χ1n) is 26.7. The van der Waals surface area contributed by atoms with E-state index in [0.29, 0.717) is 63.4 Å². The summed E-state index contributed by atoms with van der Waals surface area (Å²) in [6.07, 6.45) is 11.6. The molecule has 3 aliphatic heterocycles. The van der Waals surface area contributed by atoms with E-state index in [4.69, 9.17) is 34.2 Å². The predicted octanol–water partition coefficient (Wildman–Crippen LogP) is 5.83. The quantitative estimate of drug-likeness (QED) is 0.0733. The van der Waals surface area contributed by atoms with E-state index >= 15 is 0 Å². The van der Waals surface area contributed by atoms with E-state index in [-0.39, 0.29) is 93.6 Å². The molecule has 1 saturated carbocycles. The van der Waals surface area contributed by atoms with Crippen LogP contribution in [-0.4, -0.2) is 150 Å². The van der Waals surface area contributed by atoms with Crippen molar-refractivity contribution in [2.45, 2.75) is 193 Å². The van der Waals surface area contributed by atoms with Gasteiger partial charge in [-0.1, -0.05) is 71.1 Å². The van der Waals surface area contributed by atoms with Crippen LogP contribution in [0.5, 0.6) is 0 Å². The molecule has 0 spiro atoms. The number of rotatable bonds is 13. The van der Waals surface area contributed by atoms with E-state index in [2.05, 4.69) is 0 Å². The molecule has 0 unspecified atom stereocenters. The van der Waals surface area contributed by atoms with Gasteiger partial charge in [0.2, 0.25) is 11.7 Å². The highest BCUT2D eigenvalue weighted by Gasteiger charge is 2.53. The summed E-state index contributed by atoms with van der Waals surface area (Å²) >= 11 is 0. The van der Waals surface area contributed by atoms with Crippen LogP contribution in [0.4, 0.5) is 0 Å². The van der Waals surface area contributed by atoms with Gasteiger partial charge in [-0.3, -0.25) is 24.0 Å². The van der Waals surface area contributed by atoms with Gasteiger partial charge < -0.3 is 54.4 Å². The zero-order chi connectivity index (χ0) is 54.0. The molecule has 1 aliphatic carbocycles. The summed E-state index contributed by atoms with van der Waals surface area (Å²) in [4.78, 5) is 84.1. The van der Waals surface area contributed by atoms with Crippen molar-refractivity contribution < 1.29 is 72.5 Å². The molecule has 412 valence electrons. The largest absolute Gasteiger partial charge is 0.460 e. The molecule has 5 N–H and O–H groups in total. The third-order valence-electron chi connectivity index (χ3n) is 15.5. The second kappa shape index (κ2) is 30.0. The Labute approximate surface area is 433 Å². The number of ether oxygens (including phenoxy) is 6. The Morgan fingerprint density at radius 3 is 2.32 bits per heavy atom. The number of piperidine rings is 1. The topological polar surface area (TPSA) is 248 Å². The number of Topliss-reactive ketones (excluding diaryl/α,β-unsaturated/α-hetero) is 3. The van der Waals surface area contributed by atoms with Crippen LogP contribution in [0.25, 0.3) is 0 Å². The molecule has 17 nitrogen and oxygen atoms in total. The van der Waals surface area contributed by atoms with Crippen LogP contribution >= 0.6 is 0 Å². The van der Waals surface area contributed by atoms with E-state index < -0.39 is 83.7 Å². The maximum atomic E-state index is 14.5. The minimum absolute atomic E-state index is 0.0262. The molecule has 2 amide bonds. The Kier molecular flexibility index (Phi) is 25.3. The van der Waals surface area contributed by atoms with Crippen molar-refractivity contribution in [2.75, 3.05) is 40.6 Å². The van der Waals surface area contributed by atoms with Crippen molar-refractivity contribution in [3.8, 4) is 0 Å². The standard InChI is InChI=1S/C56H88N2O15/c1-34-16-11-10-12-17-35(2)46(70-26-15-19-49(57)61)32-42-22-20-40(7)56(67,73-42)53(64)54(65)58-24-14-13-18-43(58)55(66)72-47(37(4)30-41-21-23-45(71-27-25-59)48(31-41)68-8)33-44(60)36(3)29-39(6)51(63)52(69-9)50(62)38(5)28-34/h10-12,16-17,29,34,36-38,40-43,45-48,51-52,59,63,67H,13-15,18-28,30-33H2,1-9H3,(H2,57,61)/b12-10+,16-11+,35-17+,39-29+/t34-,36-,37-,38-,40-,41+,42+,43+,45-,46-,47+,48-,51-,52+,56-/m1/s1. The van der Waals surface area contributed by atoms with Crippen LogP contribution in [0.1, 0.15) is 138 Å². The number of ketones is 3. The third-order valence-corrected chi connectivity index (χ3v) is 15.5. The second-order valence-corrected chi connectivity index (χ2v) is 21.4. The molecule has 15 atom stereocenters. The van der Waals surface area contributed by atoms with E-state index in [1.165, 1.54) is 12.0 Å². The van der Waals surface area contributed by atoms with Crippen LogP contribution in [0.3, 0.4) is 0 Å². The summed E-state index contributed by atoms with van der Waals surface area (Å²) in [5, 5.41) is 33.0. The zero-order valence-corrected chi connectivity index (χ0v) is 45.0. The number of aliphatic hydroxyl groups excluding tert-OH is 2. The number of methoxy groups -OCH3 is 2. The number of esters is 1. The number of carbonyl (C=O) groups excluding carboxylic acids is 6. The first-order chi connectivity index (χ1) is 34.6. The normalized spacial score (nSPS) is 37.2. The zero-order valence-electron chi connectivity index (χ0n) is 45.0. The number of hydrogen-bond acceptors (Lipinski definition) is 15. The maximum Gasteiger partial charge on any atom is 0.329 e. The lowest BCUT2D eigenvalue weighted by atomic mass is 9.78. The van der Waals surface area contributed by atoms with E-state index in [9.17, 15) is 44.1 Å². The summed E-state index contributed by atoms with van der Waals surface area (Å²) in [7, 11) is 2.99. The van der Waals surface area contributed by atoms with Crippen molar-refractivity contribution >= 4 is 35.1 Å². The molecule has 0 aromatic carbocycles. The molecule has 3 heterocycles. The molecule has 0 radical (unpaired) electrons. The molecule has 2 bridgehead atoms. The van der Waals surface area contributed by atoms with Crippen LogP contribution in [0, 0.1) is 35.5 Å². The monoisotopic (exact) mass is 1030 g/mol. The van der Waals surface area contributed by atoms with Gasteiger partial charge in [-0.2, -0.15) is 0 Å². The number of nitrogens with zero attached hydrogens (tertiary/aromatic N) is 1. The van der Waals surface area contributed by atoms with Crippen LogP contribution < -0.4 is 5.73 Å². The summed E-state index contributed by atoms with van der Waals surface area (Å²) in [6.45, 7) is 12.9. The van der Waals surface area contributed by atoms with Crippen molar-refractivity contribution in [3.63, 3.8) is 0 Å². The number of amides is 2. The highest BCUT2D eigenvalue weighted by atomic mass is 16.6. The maximum absolute atomic E-state index is 14.5. The number of nitrogens with two attached hydrogens (primary N) is 1. The van der Waals surface area contributed by atoms with Crippen molar-refractivity contribution in [3.05, 3.63) is 47.6 Å². The molecule has 0 aromatic rings. The molecule has 4 rings (SSSR count). The Hall–Kier alpha value is -3.94. The van der Waals surface area contributed by atoms with Crippen molar-refractivity contribution in [2.24, 2.45) is 41.2 Å². The van der Waals surface area contributed by atoms with E-state index in [0.717, 1.165) is 12.0 Å². The number of carbonyl (C=O) groups is 6. The van der Waals surface area contributed by atoms with Gasteiger partial charge in [-0.25, -0.2) is 4.79 Å². The Morgan fingerprint density at radius 2 is 1.63 bits per heavy atom.